The van der Waals surface area contributed by atoms with Gasteiger partial charge in [-0.1, -0.05) is 15.9 Å². The molecule has 0 aliphatic rings. The van der Waals surface area contributed by atoms with Gasteiger partial charge in [0.15, 0.2) is 0 Å². The van der Waals surface area contributed by atoms with Crippen LogP contribution in [0.25, 0.3) is 10.9 Å². The normalized spacial score (nSPS) is 12.1. The lowest BCUT2D eigenvalue weighted by Crippen LogP contribution is -2.08. The Hall–Kier alpha value is -0.690. The van der Waals surface area contributed by atoms with Crippen molar-refractivity contribution in [1.82, 2.24) is 4.98 Å². The molecule has 0 amide bonds. The van der Waals surface area contributed by atoms with Crippen molar-refractivity contribution in [3.8, 4) is 0 Å². The SMILES string of the molecule is Fc1cc(Br)c2nc(C(F)(F)F)cc(Br)c2c1. The van der Waals surface area contributed by atoms with Crippen LogP contribution < -0.4 is 0 Å². The Morgan fingerprint density at radius 1 is 1.00 bits per heavy atom. The average Bonchev–Trinajstić information content (AvgIpc) is 2.17. The first-order valence-electron chi connectivity index (χ1n) is 4.31. The Morgan fingerprint density at radius 3 is 2.24 bits per heavy atom. The number of alkyl halides is 3. The summed E-state index contributed by atoms with van der Waals surface area (Å²) in [6.45, 7) is 0. The summed E-state index contributed by atoms with van der Waals surface area (Å²) in [6, 6.07) is 3.02. The molecule has 0 radical (unpaired) electrons. The van der Waals surface area contributed by atoms with Crippen LogP contribution in [0.15, 0.2) is 27.1 Å². The highest BCUT2D eigenvalue weighted by atomic mass is 79.9. The molecule has 7 heteroatoms. The number of nitrogens with zero attached hydrogens (tertiary/aromatic N) is 1. The number of fused-ring (bicyclic) bond motifs is 1. The van der Waals surface area contributed by atoms with Crippen LogP contribution >= 0.6 is 31.9 Å². The average molecular weight is 373 g/mol. The van der Waals surface area contributed by atoms with Gasteiger partial charge in [-0.2, -0.15) is 13.2 Å². The van der Waals surface area contributed by atoms with E-state index in [0.717, 1.165) is 18.2 Å². The third kappa shape index (κ3) is 2.44. The van der Waals surface area contributed by atoms with Gasteiger partial charge < -0.3 is 0 Å². The second-order valence-electron chi connectivity index (χ2n) is 3.27. The molecule has 1 heterocycles. The summed E-state index contributed by atoms with van der Waals surface area (Å²) in [6.07, 6.45) is -4.54. The second kappa shape index (κ2) is 4.20. The van der Waals surface area contributed by atoms with Crippen molar-refractivity contribution < 1.29 is 17.6 Å². The fourth-order valence-electron chi connectivity index (χ4n) is 1.36. The molecule has 1 nitrogen and oxygen atoms in total. The molecule has 0 aliphatic heterocycles. The van der Waals surface area contributed by atoms with Crippen LogP contribution in [0, 0.1) is 5.82 Å². The van der Waals surface area contributed by atoms with E-state index in [-0.39, 0.29) is 19.8 Å². The summed E-state index contributed by atoms with van der Waals surface area (Å²) in [5.41, 5.74) is -0.961. The maximum absolute atomic E-state index is 13.1. The summed E-state index contributed by atoms with van der Waals surface area (Å²) >= 11 is 5.97. The molecule has 0 spiro atoms. The standard InChI is InChI=1S/C10H3Br2F4N/c11-6-3-8(10(14,15)16)17-9-5(6)1-4(13)2-7(9)12/h1-3H. The minimum Gasteiger partial charge on any atom is -0.242 e. The van der Waals surface area contributed by atoms with Gasteiger partial charge in [0, 0.05) is 14.3 Å². The largest absolute Gasteiger partial charge is 0.433 e. The summed E-state index contributed by atoms with van der Waals surface area (Å²) in [4.78, 5) is 3.48. The van der Waals surface area contributed by atoms with Crippen molar-refractivity contribution in [1.29, 1.82) is 0 Å². The van der Waals surface area contributed by atoms with E-state index < -0.39 is 17.7 Å². The Labute approximate surface area is 110 Å². The number of benzene rings is 1. The summed E-state index contributed by atoms with van der Waals surface area (Å²) in [7, 11) is 0. The number of hydrogen-bond donors (Lipinski definition) is 0. The topological polar surface area (TPSA) is 12.9 Å². The van der Waals surface area contributed by atoms with Crippen molar-refractivity contribution in [3.05, 3.63) is 38.7 Å². The molecule has 0 aliphatic carbocycles. The molecule has 0 saturated heterocycles. The smallest absolute Gasteiger partial charge is 0.242 e. The fraction of sp³-hybridized carbons (Fsp3) is 0.100. The molecule has 0 atom stereocenters. The van der Waals surface area contributed by atoms with Gasteiger partial charge in [0.25, 0.3) is 0 Å². The predicted octanol–water partition coefficient (Wildman–Crippen LogP) is 4.92. The molecule has 0 N–H and O–H groups in total. The minimum absolute atomic E-state index is 0.0631. The molecule has 17 heavy (non-hydrogen) atoms. The van der Waals surface area contributed by atoms with Crippen molar-refractivity contribution in [2.45, 2.75) is 6.18 Å². The van der Waals surface area contributed by atoms with Gasteiger partial charge in [-0.15, -0.1) is 0 Å². The molecule has 2 rings (SSSR count). The molecular weight excluding hydrogens is 370 g/mol. The molecule has 2 aromatic rings. The highest BCUT2D eigenvalue weighted by Gasteiger charge is 2.33. The van der Waals surface area contributed by atoms with Crippen molar-refractivity contribution in [3.63, 3.8) is 0 Å². The molecule has 90 valence electrons. The molecule has 0 saturated carbocycles. The first-order valence-corrected chi connectivity index (χ1v) is 5.90. The second-order valence-corrected chi connectivity index (χ2v) is 4.98. The Kier molecular flexibility index (Phi) is 3.15. The van der Waals surface area contributed by atoms with Crippen LogP contribution in [0.1, 0.15) is 5.69 Å². The van der Waals surface area contributed by atoms with E-state index in [1.54, 1.807) is 0 Å². The third-order valence-corrected chi connectivity index (χ3v) is 3.33. The molecule has 1 aromatic carbocycles. The van der Waals surface area contributed by atoms with Gasteiger partial charge in [0.05, 0.1) is 5.52 Å². The molecule has 1 aromatic heterocycles. The van der Waals surface area contributed by atoms with E-state index in [0.29, 0.717) is 0 Å². The Morgan fingerprint density at radius 2 is 1.65 bits per heavy atom. The van der Waals surface area contributed by atoms with Gasteiger partial charge in [-0.3, -0.25) is 0 Å². The Balaban J connectivity index is 2.83. The van der Waals surface area contributed by atoms with E-state index in [2.05, 4.69) is 36.8 Å². The zero-order valence-corrected chi connectivity index (χ0v) is 11.1. The first kappa shape index (κ1) is 12.8. The Bertz CT molecular complexity index is 595. The highest BCUT2D eigenvalue weighted by Crippen LogP contribution is 2.35. The van der Waals surface area contributed by atoms with E-state index in [4.69, 9.17) is 0 Å². The molecular formula is C10H3Br2F4N. The maximum Gasteiger partial charge on any atom is 0.433 e. The van der Waals surface area contributed by atoms with Gasteiger partial charge in [0.2, 0.25) is 0 Å². The summed E-state index contributed by atoms with van der Waals surface area (Å²) in [5, 5.41) is 0.282. The number of halogens is 6. The first-order chi connectivity index (χ1) is 7.79. The van der Waals surface area contributed by atoms with E-state index in [9.17, 15) is 17.6 Å². The van der Waals surface area contributed by atoms with Crippen LogP contribution in [0.2, 0.25) is 0 Å². The zero-order valence-electron chi connectivity index (χ0n) is 7.95. The van der Waals surface area contributed by atoms with Gasteiger partial charge >= 0.3 is 6.18 Å². The van der Waals surface area contributed by atoms with Gasteiger partial charge in [0.1, 0.15) is 11.5 Å². The third-order valence-electron chi connectivity index (χ3n) is 2.07. The number of hydrogen-bond acceptors (Lipinski definition) is 1. The molecule has 0 fully saturated rings. The minimum atomic E-state index is -4.54. The van der Waals surface area contributed by atoms with E-state index in [1.165, 1.54) is 0 Å². The lowest BCUT2D eigenvalue weighted by atomic mass is 10.2. The van der Waals surface area contributed by atoms with Gasteiger partial charge in [-0.05, 0) is 34.1 Å². The van der Waals surface area contributed by atoms with Crippen molar-refractivity contribution in [2.24, 2.45) is 0 Å². The van der Waals surface area contributed by atoms with Crippen LogP contribution in [0.4, 0.5) is 17.6 Å². The van der Waals surface area contributed by atoms with E-state index >= 15 is 0 Å². The van der Waals surface area contributed by atoms with Crippen LogP contribution in [-0.2, 0) is 6.18 Å². The van der Waals surface area contributed by atoms with Crippen LogP contribution in [0.5, 0.6) is 0 Å². The lowest BCUT2D eigenvalue weighted by molar-refractivity contribution is -0.141. The maximum atomic E-state index is 13.1. The summed E-state index contributed by atoms with van der Waals surface area (Å²) < 4.78 is 51.0. The quantitative estimate of drug-likeness (QED) is 0.598. The van der Waals surface area contributed by atoms with Crippen LogP contribution in [-0.4, -0.2) is 4.98 Å². The molecule has 0 bridgehead atoms. The van der Waals surface area contributed by atoms with Crippen molar-refractivity contribution in [2.75, 3.05) is 0 Å². The van der Waals surface area contributed by atoms with Crippen LogP contribution in [0.3, 0.4) is 0 Å². The number of pyridine rings is 1. The lowest BCUT2D eigenvalue weighted by Gasteiger charge is -2.09. The monoisotopic (exact) mass is 371 g/mol. The van der Waals surface area contributed by atoms with Crippen molar-refractivity contribution >= 4 is 42.8 Å². The molecule has 0 unspecified atom stereocenters. The zero-order chi connectivity index (χ0) is 12.8. The number of rotatable bonds is 0. The summed E-state index contributed by atoms with van der Waals surface area (Å²) in [5.74, 6) is -0.549. The van der Waals surface area contributed by atoms with Gasteiger partial charge in [-0.25, -0.2) is 9.37 Å². The fourth-order valence-corrected chi connectivity index (χ4v) is 2.40. The van der Waals surface area contributed by atoms with E-state index in [1.807, 2.05) is 0 Å². The predicted molar refractivity (Wildman–Crippen MR) is 62.1 cm³/mol. The number of aromatic nitrogens is 1. The highest BCUT2D eigenvalue weighted by molar-refractivity contribution is 9.11.